The Balaban J connectivity index is 1.75. The number of para-hydroxylation sites is 1. The first-order chi connectivity index (χ1) is 13.2. The summed E-state index contributed by atoms with van der Waals surface area (Å²) < 4.78 is 27.4. The van der Waals surface area contributed by atoms with Crippen molar-refractivity contribution in [1.29, 1.82) is 0 Å². The molecule has 0 aromatic heterocycles. The number of carbonyl (C=O) groups is 1. The van der Waals surface area contributed by atoms with Crippen LogP contribution in [0, 0.1) is 0 Å². The van der Waals surface area contributed by atoms with Crippen molar-refractivity contribution < 1.29 is 13.2 Å². The second-order valence-electron chi connectivity index (χ2n) is 5.95. The topological polar surface area (TPSA) is 127 Å². The van der Waals surface area contributed by atoms with Gasteiger partial charge in [0.25, 0.3) is 15.9 Å². The van der Waals surface area contributed by atoms with Crippen molar-refractivity contribution in [2.75, 3.05) is 21.5 Å². The summed E-state index contributed by atoms with van der Waals surface area (Å²) >= 11 is 5.99. The van der Waals surface area contributed by atoms with E-state index in [1.165, 1.54) is 36.4 Å². The van der Waals surface area contributed by atoms with Crippen LogP contribution in [0.3, 0.4) is 0 Å². The van der Waals surface area contributed by atoms with E-state index in [-0.39, 0.29) is 15.6 Å². The average Bonchev–Trinajstić information content (AvgIpc) is 2.63. The number of nitrogens with one attached hydrogen (secondary N) is 2. The van der Waals surface area contributed by atoms with E-state index < -0.39 is 15.9 Å². The maximum atomic E-state index is 12.5. The second kappa shape index (κ2) is 7.79. The highest BCUT2D eigenvalue weighted by Crippen LogP contribution is 2.24. The van der Waals surface area contributed by atoms with E-state index in [4.69, 9.17) is 23.1 Å². The van der Waals surface area contributed by atoms with E-state index in [2.05, 4.69) is 10.0 Å². The van der Waals surface area contributed by atoms with Gasteiger partial charge in [0.2, 0.25) is 0 Å². The summed E-state index contributed by atoms with van der Waals surface area (Å²) in [5.41, 5.74) is 13.1. The Morgan fingerprint density at radius 3 is 2.11 bits per heavy atom. The van der Waals surface area contributed by atoms with Gasteiger partial charge in [0, 0.05) is 22.6 Å². The maximum Gasteiger partial charge on any atom is 0.261 e. The number of hydrogen-bond donors (Lipinski definition) is 4. The fourth-order valence-corrected chi connectivity index (χ4v) is 3.79. The molecule has 0 unspecified atom stereocenters. The lowest BCUT2D eigenvalue weighted by molar-refractivity contribution is 0.102. The zero-order valence-electron chi connectivity index (χ0n) is 14.5. The number of carbonyl (C=O) groups excluding carboxylic acids is 1. The molecular formula is C19H17ClN4O3S. The Hall–Kier alpha value is -3.23. The molecule has 3 aromatic carbocycles. The quantitative estimate of drug-likeness (QED) is 0.473. The monoisotopic (exact) mass is 416 g/mol. The van der Waals surface area contributed by atoms with Gasteiger partial charge in [-0.2, -0.15) is 0 Å². The SMILES string of the molecule is Nc1cc(N)cc(C(=O)Nc2ccc(S(=O)(=O)Nc3ccccc3Cl)cc2)c1. The van der Waals surface area contributed by atoms with Gasteiger partial charge < -0.3 is 16.8 Å². The van der Waals surface area contributed by atoms with E-state index >= 15 is 0 Å². The lowest BCUT2D eigenvalue weighted by atomic mass is 10.1. The van der Waals surface area contributed by atoms with Crippen LogP contribution in [0.25, 0.3) is 0 Å². The number of halogens is 1. The lowest BCUT2D eigenvalue weighted by Crippen LogP contribution is -2.14. The fraction of sp³-hybridized carbons (Fsp3) is 0. The molecule has 0 saturated carbocycles. The highest BCUT2D eigenvalue weighted by Gasteiger charge is 2.16. The molecule has 1 amide bonds. The fourth-order valence-electron chi connectivity index (χ4n) is 2.48. The standard InChI is InChI=1S/C19H17ClN4O3S/c20-17-3-1-2-4-18(17)24-28(26,27)16-7-5-15(6-8-16)23-19(25)12-9-13(21)11-14(22)10-12/h1-11,24H,21-22H2,(H,23,25). The van der Waals surface area contributed by atoms with Gasteiger partial charge in [-0.25, -0.2) is 8.42 Å². The minimum atomic E-state index is -3.82. The van der Waals surface area contributed by atoms with Gasteiger partial charge >= 0.3 is 0 Å². The molecule has 6 N–H and O–H groups in total. The van der Waals surface area contributed by atoms with E-state index in [9.17, 15) is 13.2 Å². The highest BCUT2D eigenvalue weighted by molar-refractivity contribution is 7.92. The largest absolute Gasteiger partial charge is 0.399 e. The van der Waals surface area contributed by atoms with Crippen LogP contribution in [-0.2, 0) is 10.0 Å². The molecule has 0 atom stereocenters. The van der Waals surface area contributed by atoms with E-state index in [1.807, 2.05) is 0 Å². The smallest absolute Gasteiger partial charge is 0.261 e. The zero-order chi connectivity index (χ0) is 20.3. The van der Waals surface area contributed by atoms with Crippen LogP contribution in [-0.4, -0.2) is 14.3 Å². The number of benzene rings is 3. The molecule has 0 saturated heterocycles. The summed E-state index contributed by atoms with van der Waals surface area (Å²) in [5, 5.41) is 2.95. The van der Waals surface area contributed by atoms with Gasteiger partial charge in [0.15, 0.2) is 0 Å². The Labute approximate surface area is 167 Å². The van der Waals surface area contributed by atoms with Gasteiger partial charge in [-0.05, 0) is 54.6 Å². The molecule has 0 bridgehead atoms. The Kier molecular flexibility index (Phi) is 5.43. The van der Waals surface area contributed by atoms with Crippen LogP contribution in [0.4, 0.5) is 22.7 Å². The molecular weight excluding hydrogens is 400 g/mol. The summed E-state index contributed by atoms with van der Waals surface area (Å²) in [7, 11) is -3.82. The van der Waals surface area contributed by atoms with Crippen molar-refractivity contribution in [3.63, 3.8) is 0 Å². The van der Waals surface area contributed by atoms with E-state index in [0.29, 0.717) is 22.6 Å². The first-order valence-electron chi connectivity index (χ1n) is 8.09. The van der Waals surface area contributed by atoms with Crippen LogP contribution >= 0.6 is 11.6 Å². The molecule has 144 valence electrons. The maximum absolute atomic E-state index is 12.5. The first kappa shape index (κ1) is 19.5. The minimum Gasteiger partial charge on any atom is -0.399 e. The number of nitrogens with two attached hydrogens (primary N) is 2. The van der Waals surface area contributed by atoms with Gasteiger partial charge in [0.1, 0.15) is 0 Å². The molecule has 0 aliphatic rings. The Morgan fingerprint density at radius 2 is 1.50 bits per heavy atom. The summed E-state index contributed by atoms with van der Waals surface area (Å²) in [6.07, 6.45) is 0. The minimum absolute atomic E-state index is 0.0265. The number of nitrogen functional groups attached to an aromatic ring is 2. The van der Waals surface area contributed by atoms with Crippen LogP contribution in [0.5, 0.6) is 0 Å². The average molecular weight is 417 g/mol. The van der Waals surface area contributed by atoms with Crippen molar-refractivity contribution in [3.05, 3.63) is 77.3 Å². The van der Waals surface area contributed by atoms with Crippen LogP contribution < -0.4 is 21.5 Å². The number of anilines is 4. The molecule has 9 heteroatoms. The van der Waals surface area contributed by atoms with Gasteiger partial charge in [-0.1, -0.05) is 23.7 Å². The molecule has 0 aliphatic heterocycles. The molecule has 0 radical (unpaired) electrons. The third kappa shape index (κ3) is 4.54. The van der Waals surface area contributed by atoms with Crippen molar-refractivity contribution in [2.45, 2.75) is 4.90 Å². The molecule has 0 fully saturated rings. The normalized spacial score (nSPS) is 11.0. The van der Waals surface area contributed by atoms with Crippen LogP contribution in [0.15, 0.2) is 71.6 Å². The van der Waals surface area contributed by atoms with Crippen LogP contribution in [0.2, 0.25) is 5.02 Å². The molecule has 0 spiro atoms. The molecule has 0 heterocycles. The second-order valence-corrected chi connectivity index (χ2v) is 8.04. The third-order valence-electron chi connectivity index (χ3n) is 3.78. The third-order valence-corrected chi connectivity index (χ3v) is 5.49. The van der Waals surface area contributed by atoms with E-state index in [1.54, 1.807) is 30.3 Å². The highest BCUT2D eigenvalue weighted by atomic mass is 35.5. The predicted molar refractivity (Wildman–Crippen MR) is 112 cm³/mol. The Morgan fingerprint density at radius 1 is 0.893 bits per heavy atom. The first-order valence-corrected chi connectivity index (χ1v) is 9.95. The number of amides is 1. The van der Waals surface area contributed by atoms with Crippen molar-refractivity contribution in [3.8, 4) is 0 Å². The molecule has 7 nitrogen and oxygen atoms in total. The lowest BCUT2D eigenvalue weighted by Gasteiger charge is -2.11. The molecule has 28 heavy (non-hydrogen) atoms. The molecule has 3 aromatic rings. The van der Waals surface area contributed by atoms with E-state index in [0.717, 1.165) is 0 Å². The predicted octanol–water partition coefficient (Wildman–Crippen LogP) is 3.56. The summed E-state index contributed by atoms with van der Waals surface area (Å²) in [4.78, 5) is 12.3. The summed E-state index contributed by atoms with van der Waals surface area (Å²) in [6, 6.07) is 16.8. The Bertz CT molecular complexity index is 1110. The van der Waals surface area contributed by atoms with Gasteiger partial charge in [0.05, 0.1) is 15.6 Å². The number of rotatable bonds is 5. The molecule has 3 rings (SSSR count). The van der Waals surface area contributed by atoms with Gasteiger partial charge in [-0.3, -0.25) is 9.52 Å². The van der Waals surface area contributed by atoms with Crippen molar-refractivity contribution in [1.82, 2.24) is 0 Å². The summed E-state index contributed by atoms with van der Waals surface area (Å²) in [6.45, 7) is 0. The zero-order valence-corrected chi connectivity index (χ0v) is 16.1. The van der Waals surface area contributed by atoms with Crippen molar-refractivity contribution in [2.24, 2.45) is 0 Å². The molecule has 0 aliphatic carbocycles. The number of hydrogen-bond acceptors (Lipinski definition) is 5. The summed E-state index contributed by atoms with van der Waals surface area (Å²) in [5.74, 6) is -0.413. The number of sulfonamides is 1. The van der Waals surface area contributed by atoms with Gasteiger partial charge in [-0.15, -0.1) is 0 Å². The van der Waals surface area contributed by atoms with Crippen LogP contribution in [0.1, 0.15) is 10.4 Å². The van der Waals surface area contributed by atoms with Crippen molar-refractivity contribution >= 4 is 50.3 Å².